The normalized spacial score (nSPS) is 19.3. The van der Waals surface area contributed by atoms with Gasteiger partial charge in [-0.15, -0.1) is 0 Å². The molecule has 1 aromatic carbocycles. The third-order valence-corrected chi connectivity index (χ3v) is 3.10. The molecule has 0 saturated carbocycles. The van der Waals surface area contributed by atoms with Crippen LogP contribution >= 0.6 is 0 Å². The number of primary amides is 1. The van der Waals surface area contributed by atoms with Gasteiger partial charge in [0.05, 0.1) is 6.04 Å². The van der Waals surface area contributed by atoms with E-state index in [1.54, 1.807) is 23.1 Å². The number of hydrogen-bond acceptors (Lipinski definition) is 3. The van der Waals surface area contributed by atoms with E-state index in [2.05, 4.69) is 5.32 Å². The van der Waals surface area contributed by atoms with Crippen LogP contribution in [0.3, 0.4) is 0 Å². The van der Waals surface area contributed by atoms with Crippen LogP contribution in [0.4, 0.5) is 5.69 Å². The van der Waals surface area contributed by atoms with Gasteiger partial charge >= 0.3 is 0 Å². The molecule has 1 unspecified atom stereocenters. The predicted molar refractivity (Wildman–Crippen MR) is 69.4 cm³/mol. The van der Waals surface area contributed by atoms with Gasteiger partial charge in [-0.1, -0.05) is 13.0 Å². The fourth-order valence-corrected chi connectivity index (χ4v) is 2.20. The fraction of sp³-hybridized carbons (Fsp3) is 0.385. The van der Waals surface area contributed by atoms with E-state index in [0.29, 0.717) is 12.1 Å². The number of benzene rings is 1. The van der Waals surface area contributed by atoms with Crippen LogP contribution in [0.15, 0.2) is 24.3 Å². The molecule has 0 bridgehead atoms. The molecule has 1 fully saturated rings. The van der Waals surface area contributed by atoms with E-state index >= 15 is 0 Å². The minimum absolute atomic E-state index is 0.0541. The van der Waals surface area contributed by atoms with Gasteiger partial charge in [0, 0.05) is 17.8 Å². The van der Waals surface area contributed by atoms with Gasteiger partial charge in [0.2, 0.25) is 11.8 Å². The molecular weight excluding hydrogens is 230 g/mol. The average Bonchev–Trinajstić information content (AvgIpc) is 2.72. The van der Waals surface area contributed by atoms with Crippen LogP contribution in [0, 0.1) is 0 Å². The van der Waals surface area contributed by atoms with Crippen molar-refractivity contribution < 1.29 is 9.59 Å². The topological polar surface area (TPSA) is 75.4 Å². The summed E-state index contributed by atoms with van der Waals surface area (Å²) in [5.41, 5.74) is 6.39. The number of carbonyl (C=O) groups is 2. The highest BCUT2D eigenvalue weighted by Gasteiger charge is 2.31. The summed E-state index contributed by atoms with van der Waals surface area (Å²) >= 11 is 0. The van der Waals surface area contributed by atoms with Crippen molar-refractivity contribution in [3.63, 3.8) is 0 Å². The van der Waals surface area contributed by atoms with E-state index < -0.39 is 5.91 Å². The third-order valence-electron chi connectivity index (χ3n) is 3.10. The molecule has 1 aliphatic rings. The SMILES string of the molecule is CCNC1CCN(c2cccc(C(N)=O)c2)C1=O. The minimum Gasteiger partial charge on any atom is -0.366 e. The summed E-state index contributed by atoms with van der Waals surface area (Å²) in [4.78, 5) is 24.9. The molecule has 3 N–H and O–H groups in total. The molecule has 0 radical (unpaired) electrons. The molecule has 96 valence electrons. The molecule has 1 aliphatic heterocycles. The molecule has 1 heterocycles. The summed E-state index contributed by atoms with van der Waals surface area (Å²) in [6.45, 7) is 3.41. The smallest absolute Gasteiger partial charge is 0.248 e. The standard InChI is InChI=1S/C13H17N3O2/c1-2-15-11-6-7-16(13(11)18)10-5-3-4-9(8-10)12(14)17/h3-5,8,11,15H,2,6-7H2,1H3,(H2,14,17). The fourth-order valence-electron chi connectivity index (χ4n) is 2.20. The van der Waals surface area contributed by atoms with Crippen molar-refractivity contribution in [1.82, 2.24) is 5.32 Å². The maximum absolute atomic E-state index is 12.1. The Hall–Kier alpha value is -1.88. The molecule has 2 amide bonds. The first-order chi connectivity index (χ1) is 8.63. The summed E-state index contributed by atoms with van der Waals surface area (Å²) in [6.07, 6.45) is 0.785. The predicted octanol–water partition coefficient (Wildman–Crippen LogP) is 0.500. The number of hydrogen-bond donors (Lipinski definition) is 2. The van der Waals surface area contributed by atoms with Crippen molar-refractivity contribution >= 4 is 17.5 Å². The number of amides is 2. The molecule has 5 heteroatoms. The van der Waals surface area contributed by atoms with E-state index in [9.17, 15) is 9.59 Å². The van der Waals surface area contributed by atoms with Crippen LogP contribution in [-0.4, -0.2) is 30.9 Å². The van der Waals surface area contributed by atoms with Gasteiger partial charge in [0.15, 0.2) is 0 Å². The van der Waals surface area contributed by atoms with E-state index in [4.69, 9.17) is 5.73 Å². The molecule has 5 nitrogen and oxygen atoms in total. The largest absolute Gasteiger partial charge is 0.366 e. The number of likely N-dealkylation sites (N-methyl/N-ethyl adjacent to an activating group) is 1. The number of carbonyl (C=O) groups excluding carboxylic acids is 2. The van der Waals surface area contributed by atoms with E-state index in [-0.39, 0.29) is 11.9 Å². The number of nitrogens with two attached hydrogens (primary N) is 1. The summed E-state index contributed by atoms with van der Waals surface area (Å²) < 4.78 is 0. The Morgan fingerprint density at radius 1 is 1.56 bits per heavy atom. The van der Waals surface area contributed by atoms with Gasteiger partial charge in [-0.25, -0.2) is 0 Å². The number of nitrogens with one attached hydrogen (secondary N) is 1. The Bertz CT molecular complexity index is 473. The van der Waals surface area contributed by atoms with Crippen molar-refractivity contribution in [1.29, 1.82) is 0 Å². The van der Waals surface area contributed by atoms with E-state index in [1.165, 1.54) is 0 Å². The Balaban J connectivity index is 2.20. The lowest BCUT2D eigenvalue weighted by atomic mass is 10.2. The third kappa shape index (κ3) is 2.36. The van der Waals surface area contributed by atoms with Crippen LogP contribution in [-0.2, 0) is 4.79 Å². The summed E-state index contributed by atoms with van der Waals surface area (Å²) in [5, 5.41) is 3.15. The van der Waals surface area contributed by atoms with Gasteiger partial charge < -0.3 is 16.0 Å². The van der Waals surface area contributed by atoms with E-state index in [1.807, 2.05) is 13.0 Å². The van der Waals surface area contributed by atoms with Gasteiger partial charge in [-0.2, -0.15) is 0 Å². The average molecular weight is 247 g/mol. The Labute approximate surface area is 106 Å². The second kappa shape index (κ2) is 5.18. The van der Waals surface area contributed by atoms with Crippen LogP contribution < -0.4 is 16.0 Å². The Kier molecular flexibility index (Phi) is 3.62. The minimum atomic E-state index is -0.480. The van der Waals surface area contributed by atoms with Crippen molar-refractivity contribution in [2.24, 2.45) is 5.73 Å². The first-order valence-electron chi connectivity index (χ1n) is 6.08. The maximum atomic E-state index is 12.1. The zero-order valence-corrected chi connectivity index (χ0v) is 10.3. The highest BCUT2D eigenvalue weighted by atomic mass is 16.2. The number of rotatable bonds is 4. The van der Waals surface area contributed by atoms with Crippen molar-refractivity contribution in [2.45, 2.75) is 19.4 Å². The lowest BCUT2D eigenvalue weighted by Gasteiger charge is -2.17. The molecule has 0 aromatic heterocycles. The maximum Gasteiger partial charge on any atom is 0.248 e. The Morgan fingerprint density at radius 3 is 3.00 bits per heavy atom. The van der Waals surface area contributed by atoms with Gasteiger partial charge in [-0.05, 0) is 31.2 Å². The van der Waals surface area contributed by atoms with Crippen molar-refractivity contribution in [3.05, 3.63) is 29.8 Å². The molecule has 0 spiro atoms. The van der Waals surface area contributed by atoms with Gasteiger partial charge in [-0.3, -0.25) is 9.59 Å². The quantitative estimate of drug-likeness (QED) is 0.813. The highest BCUT2D eigenvalue weighted by Crippen LogP contribution is 2.22. The monoisotopic (exact) mass is 247 g/mol. The van der Waals surface area contributed by atoms with Crippen LogP contribution in [0.1, 0.15) is 23.7 Å². The lowest BCUT2D eigenvalue weighted by Crippen LogP contribution is -2.38. The first kappa shape index (κ1) is 12.6. The summed E-state index contributed by atoms with van der Waals surface area (Å²) in [7, 11) is 0. The zero-order valence-electron chi connectivity index (χ0n) is 10.3. The molecule has 1 atom stereocenters. The van der Waals surface area contributed by atoms with Crippen molar-refractivity contribution in [3.8, 4) is 0 Å². The second-order valence-corrected chi connectivity index (χ2v) is 4.30. The van der Waals surface area contributed by atoms with Crippen LogP contribution in [0.2, 0.25) is 0 Å². The lowest BCUT2D eigenvalue weighted by molar-refractivity contribution is -0.118. The van der Waals surface area contributed by atoms with Gasteiger partial charge in [0.1, 0.15) is 0 Å². The molecule has 1 aromatic rings. The molecule has 18 heavy (non-hydrogen) atoms. The highest BCUT2D eigenvalue weighted by molar-refractivity contribution is 6.01. The molecule has 2 rings (SSSR count). The summed E-state index contributed by atoms with van der Waals surface area (Å²) in [6, 6.07) is 6.75. The number of nitrogens with zero attached hydrogens (tertiary/aromatic N) is 1. The molecule has 0 aliphatic carbocycles. The van der Waals surface area contributed by atoms with Crippen LogP contribution in [0.5, 0.6) is 0 Å². The Morgan fingerprint density at radius 2 is 2.33 bits per heavy atom. The molecular formula is C13H17N3O2. The first-order valence-corrected chi connectivity index (χ1v) is 6.08. The van der Waals surface area contributed by atoms with Crippen LogP contribution in [0.25, 0.3) is 0 Å². The molecule has 1 saturated heterocycles. The van der Waals surface area contributed by atoms with E-state index in [0.717, 1.165) is 18.7 Å². The second-order valence-electron chi connectivity index (χ2n) is 4.30. The van der Waals surface area contributed by atoms with Crippen molar-refractivity contribution in [2.75, 3.05) is 18.0 Å². The van der Waals surface area contributed by atoms with Gasteiger partial charge in [0.25, 0.3) is 0 Å². The number of anilines is 1. The zero-order chi connectivity index (χ0) is 13.1. The summed E-state index contributed by atoms with van der Waals surface area (Å²) in [5.74, 6) is -0.426.